The van der Waals surface area contributed by atoms with Crippen molar-refractivity contribution in [2.24, 2.45) is 5.73 Å². The van der Waals surface area contributed by atoms with Gasteiger partial charge in [0.2, 0.25) is 5.91 Å². The maximum Gasteiger partial charge on any atom is 0.308 e. The first-order valence-electron chi connectivity index (χ1n) is 7.45. The molecular weight excluding hydrogens is 384 g/mol. The van der Waals surface area contributed by atoms with Crippen molar-refractivity contribution in [3.63, 3.8) is 0 Å². The fourth-order valence-electron chi connectivity index (χ4n) is 2.05. The van der Waals surface area contributed by atoms with E-state index < -0.39 is 12.1 Å². The third kappa shape index (κ3) is 7.81. The van der Waals surface area contributed by atoms with Gasteiger partial charge in [-0.2, -0.15) is 0 Å². The highest BCUT2D eigenvalue weighted by atomic mass is 79.9. The predicted molar refractivity (Wildman–Crippen MR) is 96.4 cm³/mol. The molecule has 0 bridgehead atoms. The predicted octanol–water partition coefficient (Wildman–Crippen LogP) is 3.11. The fraction of sp³-hybridized carbons (Fsp3) is 0.500. The Morgan fingerprint density at radius 2 is 1.87 bits per heavy atom. The van der Waals surface area contributed by atoms with E-state index in [4.69, 9.17) is 10.5 Å². The van der Waals surface area contributed by atoms with Crippen molar-refractivity contribution < 1.29 is 14.3 Å². The number of esters is 1. The second-order valence-corrected chi connectivity index (χ2v) is 5.93. The van der Waals surface area contributed by atoms with Crippen molar-refractivity contribution in [1.29, 1.82) is 0 Å². The molecule has 3 N–H and O–H groups in total. The molecule has 2 atom stereocenters. The van der Waals surface area contributed by atoms with Crippen LogP contribution in [-0.2, 0) is 14.3 Å². The third-order valence-corrected chi connectivity index (χ3v) is 3.73. The standard InChI is InChI=1S/C16H23BrN2O3.ClH/c1-3-5-13(18)16(21)19-14(10-15(20)22-4-2)11-6-8-12(17)9-7-11;/h6-9,13-14H,3-5,10,18H2,1-2H3,(H,19,21);1H. The average molecular weight is 408 g/mol. The van der Waals surface area contributed by atoms with E-state index in [9.17, 15) is 9.59 Å². The van der Waals surface area contributed by atoms with Crippen LogP contribution in [0.4, 0.5) is 0 Å². The molecule has 0 aliphatic heterocycles. The van der Waals surface area contributed by atoms with Crippen LogP contribution in [0.3, 0.4) is 0 Å². The zero-order valence-electron chi connectivity index (χ0n) is 13.4. The minimum absolute atomic E-state index is 0. The summed E-state index contributed by atoms with van der Waals surface area (Å²) in [6.07, 6.45) is 1.52. The maximum absolute atomic E-state index is 12.1. The molecule has 0 aromatic heterocycles. The highest BCUT2D eigenvalue weighted by Gasteiger charge is 2.22. The van der Waals surface area contributed by atoms with E-state index in [1.807, 2.05) is 31.2 Å². The Balaban J connectivity index is 0.00000484. The maximum atomic E-state index is 12.1. The summed E-state index contributed by atoms with van der Waals surface area (Å²) in [5.41, 5.74) is 6.67. The summed E-state index contributed by atoms with van der Waals surface area (Å²) in [5, 5.41) is 2.85. The van der Waals surface area contributed by atoms with E-state index in [0.29, 0.717) is 13.0 Å². The lowest BCUT2D eigenvalue weighted by Gasteiger charge is -2.21. The van der Waals surface area contributed by atoms with Gasteiger partial charge in [-0.05, 0) is 31.0 Å². The SMILES string of the molecule is CCCC(N)C(=O)NC(CC(=O)OCC)c1ccc(Br)cc1.Cl. The molecule has 0 radical (unpaired) electrons. The quantitative estimate of drug-likeness (QED) is 0.649. The van der Waals surface area contributed by atoms with Gasteiger partial charge in [0.25, 0.3) is 0 Å². The van der Waals surface area contributed by atoms with Gasteiger partial charge in [-0.3, -0.25) is 9.59 Å². The lowest BCUT2D eigenvalue weighted by atomic mass is 10.0. The molecule has 0 heterocycles. The highest BCUT2D eigenvalue weighted by molar-refractivity contribution is 9.10. The Bertz CT molecular complexity index is 497. The lowest BCUT2D eigenvalue weighted by molar-refractivity contribution is -0.143. The van der Waals surface area contributed by atoms with Crippen molar-refractivity contribution in [3.8, 4) is 0 Å². The minimum atomic E-state index is -0.565. The van der Waals surface area contributed by atoms with E-state index in [1.54, 1.807) is 6.92 Å². The molecule has 1 rings (SSSR count). The first-order valence-corrected chi connectivity index (χ1v) is 8.24. The molecule has 130 valence electrons. The van der Waals surface area contributed by atoms with E-state index in [1.165, 1.54) is 0 Å². The van der Waals surface area contributed by atoms with Crippen molar-refractivity contribution in [1.82, 2.24) is 5.32 Å². The smallest absolute Gasteiger partial charge is 0.308 e. The first kappa shape index (κ1) is 21.9. The lowest BCUT2D eigenvalue weighted by Crippen LogP contribution is -2.42. The van der Waals surface area contributed by atoms with Gasteiger partial charge in [0.1, 0.15) is 0 Å². The van der Waals surface area contributed by atoms with Crippen LogP contribution >= 0.6 is 28.3 Å². The summed E-state index contributed by atoms with van der Waals surface area (Å²) in [5.74, 6) is -0.598. The molecule has 1 aromatic rings. The van der Waals surface area contributed by atoms with Crippen LogP contribution in [0.1, 0.15) is 44.7 Å². The molecule has 0 saturated carbocycles. The zero-order chi connectivity index (χ0) is 16.5. The Labute approximate surface area is 151 Å². The second-order valence-electron chi connectivity index (χ2n) is 5.02. The summed E-state index contributed by atoms with van der Waals surface area (Å²) >= 11 is 3.37. The molecule has 2 unspecified atom stereocenters. The Morgan fingerprint density at radius 1 is 1.26 bits per heavy atom. The van der Waals surface area contributed by atoms with E-state index in [2.05, 4.69) is 21.2 Å². The van der Waals surface area contributed by atoms with Gasteiger partial charge >= 0.3 is 5.97 Å². The van der Waals surface area contributed by atoms with Crippen LogP contribution in [0.25, 0.3) is 0 Å². The number of amides is 1. The number of carbonyl (C=O) groups is 2. The summed E-state index contributed by atoms with van der Waals surface area (Å²) in [7, 11) is 0. The first-order chi connectivity index (χ1) is 10.5. The van der Waals surface area contributed by atoms with Crippen molar-refractivity contribution in [2.75, 3.05) is 6.61 Å². The Morgan fingerprint density at radius 3 is 2.39 bits per heavy atom. The van der Waals surface area contributed by atoms with Gasteiger partial charge in [0, 0.05) is 4.47 Å². The highest BCUT2D eigenvalue weighted by Crippen LogP contribution is 2.20. The molecule has 1 amide bonds. The van der Waals surface area contributed by atoms with Crippen LogP contribution in [0.15, 0.2) is 28.7 Å². The third-order valence-electron chi connectivity index (χ3n) is 3.20. The largest absolute Gasteiger partial charge is 0.466 e. The number of hydrogen-bond acceptors (Lipinski definition) is 4. The molecular formula is C16H24BrClN2O3. The average Bonchev–Trinajstić information content (AvgIpc) is 2.47. The molecule has 0 aliphatic carbocycles. The van der Waals surface area contributed by atoms with Crippen molar-refractivity contribution >= 4 is 40.2 Å². The molecule has 0 fully saturated rings. The molecule has 0 spiro atoms. The zero-order valence-corrected chi connectivity index (χ0v) is 15.8. The summed E-state index contributed by atoms with van der Waals surface area (Å²) < 4.78 is 5.91. The number of hydrogen-bond donors (Lipinski definition) is 2. The normalized spacial score (nSPS) is 12.7. The van der Waals surface area contributed by atoms with Gasteiger partial charge in [-0.25, -0.2) is 0 Å². The van der Waals surface area contributed by atoms with Crippen LogP contribution in [-0.4, -0.2) is 24.5 Å². The fourth-order valence-corrected chi connectivity index (χ4v) is 2.32. The Kier molecular flexibility index (Phi) is 10.9. The summed E-state index contributed by atoms with van der Waals surface area (Å²) in [6, 6.07) is 6.45. The van der Waals surface area contributed by atoms with Gasteiger partial charge in [-0.15, -0.1) is 12.4 Å². The minimum Gasteiger partial charge on any atom is -0.466 e. The van der Waals surface area contributed by atoms with Crippen molar-refractivity contribution in [3.05, 3.63) is 34.3 Å². The molecule has 0 aliphatic rings. The molecule has 23 heavy (non-hydrogen) atoms. The van der Waals surface area contributed by atoms with Crippen LogP contribution < -0.4 is 11.1 Å². The molecule has 7 heteroatoms. The number of carbonyl (C=O) groups excluding carboxylic acids is 2. The summed E-state index contributed by atoms with van der Waals surface area (Å²) in [6.45, 7) is 4.04. The number of ether oxygens (including phenoxy) is 1. The number of rotatable bonds is 8. The number of nitrogens with two attached hydrogens (primary N) is 1. The second kappa shape index (κ2) is 11.4. The van der Waals surface area contributed by atoms with Gasteiger partial charge < -0.3 is 15.8 Å². The van der Waals surface area contributed by atoms with Gasteiger partial charge in [0.05, 0.1) is 25.1 Å². The van der Waals surface area contributed by atoms with E-state index in [0.717, 1.165) is 16.5 Å². The molecule has 5 nitrogen and oxygen atoms in total. The van der Waals surface area contributed by atoms with E-state index in [-0.39, 0.29) is 30.7 Å². The molecule has 1 aromatic carbocycles. The summed E-state index contributed by atoms with van der Waals surface area (Å²) in [4.78, 5) is 23.9. The van der Waals surface area contributed by atoms with Gasteiger partial charge in [-0.1, -0.05) is 41.4 Å². The number of benzene rings is 1. The van der Waals surface area contributed by atoms with E-state index >= 15 is 0 Å². The number of halogens is 2. The topological polar surface area (TPSA) is 81.4 Å². The Hall–Kier alpha value is -1.11. The van der Waals surface area contributed by atoms with Crippen LogP contribution in [0.2, 0.25) is 0 Å². The van der Waals surface area contributed by atoms with Crippen molar-refractivity contribution in [2.45, 2.75) is 45.2 Å². The molecule has 0 saturated heterocycles. The van der Waals surface area contributed by atoms with Crippen LogP contribution in [0.5, 0.6) is 0 Å². The number of nitrogens with one attached hydrogen (secondary N) is 1. The monoisotopic (exact) mass is 406 g/mol. The van der Waals surface area contributed by atoms with Gasteiger partial charge in [0.15, 0.2) is 0 Å². The van der Waals surface area contributed by atoms with Crippen LogP contribution in [0, 0.1) is 0 Å².